The highest BCUT2D eigenvalue weighted by Gasteiger charge is 2.04. The number of halogens is 1. The van der Waals surface area contributed by atoms with Crippen molar-refractivity contribution in [3.8, 4) is 17.1 Å². The lowest BCUT2D eigenvalue weighted by Gasteiger charge is -2.08. The number of alkyl halides is 1. The van der Waals surface area contributed by atoms with Crippen LogP contribution in [0.15, 0.2) is 36.7 Å². The molecule has 0 N–H and O–H groups in total. The van der Waals surface area contributed by atoms with E-state index in [1.807, 2.05) is 43.6 Å². The maximum atomic E-state index is 13.1. The van der Waals surface area contributed by atoms with E-state index in [9.17, 15) is 4.39 Å². The van der Waals surface area contributed by atoms with Crippen molar-refractivity contribution in [3.05, 3.63) is 42.2 Å². The summed E-state index contributed by atoms with van der Waals surface area (Å²) in [6, 6.07) is 7.91. The highest BCUT2D eigenvalue weighted by molar-refractivity contribution is 5.55. The van der Waals surface area contributed by atoms with Gasteiger partial charge in [-0.1, -0.05) is 33.1 Å². The van der Waals surface area contributed by atoms with Gasteiger partial charge in [0.15, 0.2) is 5.82 Å². The van der Waals surface area contributed by atoms with Crippen LogP contribution in [-0.4, -0.2) is 36.0 Å². The molecule has 0 saturated carbocycles. The van der Waals surface area contributed by atoms with Gasteiger partial charge in [-0.3, -0.25) is 0 Å². The number of aryl methyl sites for hydroxylation is 1. The summed E-state index contributed by atoms with van der Waals surface area (Å²) in [5.74, 6) is 1.59. The zero-order chi connectivity index (χ0) is 21.4. The van der Waals surface area contributed by atoms with Gasteiger partial charge in [0.1, 0.15) is 11.9 Å². The molecule has 4 nitrogen and oxygen atoms in total. The molecular weight excluding hydrogens is 379 g/mol. The highest BCUT2D eigenvalue weighted by Crippen LogP contribution is 2.20. The second-order valence-electron chi connectivity index (χ2n) is 7.71. The van der Waals surface area contributed by atoms with Gasteiger partial charge in [0.25, 0.3) is 0 Å². The molecule has 1 heterocycles. The third kappa shape index (κ3) is 9.66. The number of ether oxygens (including phenoxy) is 2. The second-order valence-corrected chi connectivity index (χ2v) is 7.71. The molecule has 2 rings (SSSR count). The summed E-state index contributed by atoms with van der Waals surface area (Å²) in [7, 11) is 0. The van der Waals surface area contributed by atoms with Crippen molar-refractivity contribution in [1.82, 2.24) is 9.97 Å². The van der Waals surface area contributed by atoms with Crippen molar-refractivity contribution in [2.75, 3.05) is 19.8 Å². The van der Waals surface area contributed by atoms with Crippen LogP contribution in [0.3, 0.4) is 0 Å². The van der Waals surface area contributed by atoms with Gasteiger partial charge < -0.3 is 9.47 Å². The van der Waals surface area contributed by atoms with Crippen LogP contribution in [0.1, 0.15) is 70.8 Å². The van der Waals surface area contributed by atoms with Gasteiger partial charge >= 0.3 is 0 Å². The summed E-state index contributed by atoms with van der Waals surface area (Å²) in [6.45, 7) is 5.88. The standard InChI is InChI=1S/C25H37FN2O2/c1-3-5-6-7-10-21-19-27-25(28-20-21)22-11-13-24(14-12-22)30-17-9-8-16-29-18-15-23(26)4-2/h11-14,19-20,23H,3-10,15-18H2,1-2H3. The quantitative estimate of drug-likeness (QED) is 0.290. The third-order valence-corrected chi connectivity index (χ3v) is 5.11. The normalized spacial score (nSPS) is 12.1. The van der Waals surface area contributed by atoms with E-state index in [4.69, 9.17) is 9.47 Å². The lowest BCUT2D eigenvalue weighted by Crippen LogP contribution is -2.06. The van der Waals surface area contributed by atoms with Crippen LogP contribution in [-0.2, 0) is 11.2 Å². The number of hydrogen-bond donors (Lipinski definition) is 0. The van der Waals surface area contributed by atoms with E-state index in [2.05, 4.69) is 16.9 Å². The Morgan fingerprint density at radius 2 is 1.60 bits per heavy atom. The zero-order valence-electron chi connectivity index (χ0n) is 18.6. The number of nitrogens with zero attached hydrogens (tertiary/aromatic N) is 2. The maximum absolute atomic E-state index is 13.1. The molecule has 0 aliphatic heterocycles. The molecular formula is C25H37FN2O2. The van der Waals surface area contributed by atoms with Gasteiger partial charge in [-0.15, -0.1) is 0 Å². The van der Waals surface area contributed by atoms with Crippen molar-refractivity contribution in [2.24, 2.45) is 0 Å². The minimum absolute atomic E-state index is 0.491. The number of benzene rings is 1. The van der Waals surface area contributed by atoms with Crippen molar-refractivity contribution in [1.29, 1.82) is 0 Å². The average Bonchev–Trinajstić information content (AvgIpc) is 2.79. The lowest BCUT2D eigenvalue weighted by atomic mass is 10.1. The molecule has 1 aromatic carbocycles. The van der Waals surface area contributed by atoms with E-state index in [1.165, 1.54) is 31.2 Å². The molecule has 2 aromatic rings. The van der Waals surface area contributed by atoms with Crippen LogP contribution in [0.25, 0.3) is 11.4 Å². The molecule has 1 aromatic heterocycles. The molecule has 1 atom stereocenters. The fraction of sp³-hybridized carbons (Fsp3) is 0.600. The first kappa shape index (κ1) is 24.3. The maximum Gasteiger partial charge on any atom is 0.159 e. The summed E-state index contributed by atoms with van der Waals surface area (Å²) in [5, 5.41) is 0. The SMILES string of the molecule is CCCCCCc1cnc(-c2ccc(OCCCCOCCC(F)CC)cc2)nc1. The topological polar surface area (TPSA) is 44.2 Å². The lowest BCUT2D eigenvalue weighted by molar-refractivity contribution is 0.105. The van der Waals surface area contributed by atoms with Crippen LogP contribution in [0.4, 0.5) is 4.39 Å². The Hall–Kier alpha value is -2.01. The van der Waals surface area contributed by atoms with Gasteiger partial charge in [-0.2, -0.15) is 0 Å². The summed E-state index contributed by atoms with van der Waals surface area (Å²) in [4.78, 5) is 9.03. The zero-order valence-corrected chi connectivity index (χ0v) is 18.6. The van der Waals surface area contributed by atoms with E-state index < -0.39 is 6.17 Å². The Morgan fingerprint density at radius 1 is 0.867 bits per heavy atom. The first-order chi connectivity index (χ1) is 14.7. The molecule has 1 unspecified atom stereocenters. The predicted octanol–water partition coefficient (Wildman–Crippen LogP) is 6.58. The number of aromatic nitrogens is 2. The molecule has 30 heavy (non-hydrogen) atoms. The molecule has 0 aliphatic carbocycles. The van der Waals surface area contributed by atoms with Crippen LogP contribution in [0.5, 0.6) is 5.75 Å². The first-order valence-electron chi connectivity index (χ1n) is 11.5. The fourth-order valence-electron chi connectivity index (χ4n) is 3.10. The Labute approximate surface area is 181 Å². The number of unbranched alkanes of at least 4 members (excludes halogenated alkanes) is 4. The Morgan fingerprint density at radius 3 is 2.30 bits per heavy atom. The van der Waals surface area contributed by atoms with Crippen molar-refractivity contribution in [2.45, 2.75) is 77.8 Å². The highest BCUT2D eigenvalue weighted by atomic mass is 19.1. The number of rotatable bonds is 16. The minimum atomic E-state index is -0.741. The van der Waals surface area contributed by atoms with Crippen LogP contribution < -0.4 is 4.74 Å². The summed E-state index contributed by atoms with van der Waals surface area (Å²) < 4.78 is 24.3. The molecule has 166 valence electrons. The number of hydrogen-bond acceptors (Lipinski definition) is 4. The van der Waals surface area contributed by atoms with E-state index in [-0.39, 0.29) is 0 Å². The summed E-state index contributed by atoms with van der Waals surface area (Å²) in [5.41, 5.74) is 2.19. The minimum Gasteiger partial charge on any atom is -0.494 e. The van der Waals surface area contributed by atoms with Crippen molar-refractivity contribution in [3.63, 3.8) is 0 Å². The Bertz CT molecular complexity index is 677. The first-order valence-corrected chi connectivity index (χ1v) is 11.5. The molecule has 0 spiro atoms. The average molecular weight is 417 g/mol. The van der Waals surface area contributed by atoms with Crippen molar-refractivity contribution >= 4 is 0 Å². The van der Waals surface area contributed by atoms with Gasteiger partial charge in [0, 0.05) is 37.6 Å². The van der Waals surface area contributed by atoms with Crippen LogP contribution in [0, 0.1) is 0 Å². The molecule has 0 amide bonds. The molecule has 0 fully saturated rings. The second kappa shape index (κ2) is 14.9. The Balaban J connectivity index is 1.63. The molecule has 0 aliphatic rings. The Kier molecular flexibility index (Phi) is 12.0. The smallest absolute Gasteiger partial charge is 0.159 e. The van der Waals surface area contributed by atoms with E-state index >= 15 is 0 Å². The van der Waals surface area contributed by atoms with Crippen molar-refractivity contribution < 1.29 is 13.9 Å². The van der Waals surface area contributed by atoms with Gasteiger partial charge in [0.2, 0.25) is 0 Å². The summed E-state index contributed by atoms with van der Waals surface area (Å²) >= 11 is 0. The fourth-order valence-corrected chi connectivity index (χ4v) is 3.10. The monoisotopic (exact) mass is 416 g/mol. The van der Waals surface area contributed by atoms with Crippen LogP contribution in [0.2, 0.25) is 0 Å². The molecule has 0 radical (unpaired) electrons. The van der Waals surface area contributed by atoms with E-state index in [0.29, 0.717) is 32.7 Å². The van der Waals surface area contributed by atoms with Gasteiger partial charge in [-0.05, 0) is 61.9 Å². The largest absolute Gasteiger partial charge is 0.494 e. The predicted molar refractivity (Wildman–Crippen MR) is 121 cm³/mol. The third-order valence-electron chi connectivity index (χ3n) is 5.11. The van der Waals surface area contributed by atoms with E-state index in [1.54, 1.807) is 0 Å². The van der Waals surface area contributed by atoms with E-state index in [0.717, 1.165) is 36.4 Å². The molecule has 0 saturated heterocycles. The van der Waals surface area contributed by atoms with Gasteiger partial charge in [-0.25, -0.2) is 14.4 Å². The summed E-state index contributed by atoms with van der Waals surface area (Å²) in [6.07, 6.45) is 12.1. The van der Waals surface area contributed by atoms with Gasteiger partial charge in [0.05, 0.1) is 6.61 Å². The molecule has 0 bridgehead atoms. The molecule has 5 heteroatoms. The van der Waals surface area contributed by atoms with Crippen LogP contribution >= 0.6 is 0 Å².